The molecule has 1 aliphatic heterocycles. The van der Waals surface area contributed by atoms with Crippen LogP contribution in [0.3, 0.4) is 0 Å². The quantitative estimate of drug-likeness (QED) is 0.755. The van der Waals surface area contributed by atoms with Crippen molar-refractivity contribution in [3.63, 3.8) is 0 Å². The monoisotopic (exact) mass is 389 g/mol. The molecule has 2 N–H and O–H groups in total. The number of carbonyl (C=O) groups is 2. The minimum Gasteiger partial charge on any atom is -0.377 e. The number of aromatic nitrogens is 2. The maximum absolute atomic E-state index is 12.8. The summed E-state index contributed by atoms with van der Waals surface area (Å²) in [5.74, 6) is -0.313. The van der Waals surface area contributed by atoms with Crippen molar-refractivity contribution in [3.8, 4) is 0 Å². The number of nitrogens with zero attached hydrogens (tertiary/aromatic N) is 3. The van der Waals surface area contributed by atoms with Crippen LogP contribution in [0.25, 0.3) is 0 Å². The number of urea groups is 1. The van der Waals surface area contributed by atoms with Crippen LogP contribution >= 0.6 is 11.3 Å². The predicted octanol–water partition coefficient (Wildman–Crippen LogP) is 2.04. The molecule has 1 aromatic carbocycles. The summed E-state index contributed by atoms with van der Waals surface area (Å²) in [6, 6.07) is 8.70. The van der Waals surface area contributed by atoms with Crippen molar-refractivity contribution in [2.24, 2.45) is 0 Å². The van der Waals surface area contributed by atoms with Crippen molar-refractivity contribution in [1.29, 1.82) is 0 Å². The van der Waals surface area contributed by atoms with Gasteiger partial charge in [-0.25, -0.2) is 4.79 Å². The van der Waals surface area contributed by atoms with E-state index in [0.717, 1.165) is 31.5 Å². The molecule has 0 radical (unpaired) electrons. The second-order valence-electron chi connectivity index (χ2n) is 6.31. The molecule has 1 fully saturated rings. The summed E-state index contributed by atoms with van der Waals surface area (Å²) in [5, 5.41) is 14.6. The first-order chi connectivity index (χ1) is 13.2. The fourth-order valence-corrected chi connectivity index (χ4v) is 3.61. The minimum atomic E-state index is -0.699. The molecule has 8 nitrogen and oxygen atoms in total. The van der Waals surface area contributed by atoms with E-state index in [1.807, 2.05) is 30.3 Å². The molecule has 1 unspecified atom stereocenters. The SMILES string of the molecule is COCc1nnc(NC(=O)C(Cc2ccccc2)NC(=O)N2CCCC2)s1. The summed E-state index contributed by atoms with van der Waals surface area (Å²) >= 11 is 1.25. The number of hydrogen-bond acceptors (Lipinski definition) is 6. The van der Waals surface area contributed by atoms with Crippen LogP contribution in [-0.2, 0) is 22.6 Å². The molecule has 1 aliphatic rings. The molecular weight excluding hydrogens is 366 g/mol. The maximum Gasteiger partial charge on any atom is 0.318 e. The van der Waals surface area contributed by atoms with Gasteiger partial charge in [0.05, 0.1) is 0 Å². The van der Waals surface area contributed by atoms with Gasteiger partial charge in [0.2, 0.25) is 11.0 Å². The lowest BCUT2D eigenvalue weighted by atomic mass is 10.1. The molecule has 0 bridgehead atoms. The second-order valence-corrected chi connectivity index (χ2v) is 7.37. The third kappa shape index (κ3) is 5.48. The Morgan fingerprint density at radius 1 is 1.22 bits per heavy atom. The number of ether oxygens (including phenoxy) is 1. The van der Waals surface area contributed by atoms with Gasteiger partial charge in [-0.2, -0.15) is 0 Å². The lowest BCUT2D eigenvalue weighted by Crippen LogP contribution is -2.49. The third-order valence-electron chi connectivity index (χ3n) is 4.25. The summed E-state index contributed by atoms with van der Waals surface area (Å²) in [6.45, 7) is 1.79. The van der Waals surface area contributed by atoms with Gasteiger partial charge in [0.1, 0.15) is 17.7 Å². The van der Waals surface area contributed by atoms with Crippen LogP contribution in [0.1, 0.15) is 23.4 Å². The Bertz CT molecular complexity index is 761. The summed E-state index contributed by atoms with van der Waals surface area (Å²) in [7, 11) is 1.57. The van der Waals surface area contributed by atoms with Gasteiger partial charge in [-0.15, -0.1) is 10.2 Å². The Labute approximate surface area is 161 Å². The van der Waals surface area contributed by atoms with Gasteiger partial charge in [0, 0.05) is 26.6 Å². The van der Waals surface area contributed by atoms with Gasteiger partial charge in [0.15, 0.2) is 0 Å². The second kappa shape index (κ2) is 9.43. The Morgan fingerprint density at radius 3 is 2.67 bits per heavy atom. The van der Waals surface area contributed by atoms with Crippen LogP contribution in [0.2, 0.25) is 0 Å². The summed E-state index contributed by atoms with van der Waals surface area (Å²) in [5.41, 5.74) is 0.969. The number of nitrogens with one attached hydrogen (secondary N) is 2. The number of hydrogen-bond donors (Lipinski definition) is 2. The first-order valence-electron chi connectivity index (χ1n) is 8.87. The topological polar surface area (TPSA) is 96.5 Å². The van der Waals surface area contributed by atoms with Crippen LogP contribution < -0.4 is 10.6 Å². The summed E-state index contributed by atoms with van der Waals surface area (Å²) in [6.07, 6.45) is 2.39. The maximum atomic E-state index is 12.8. The van der Waals surface area contributed by atoms with Crippen molar-refractivity contribution < 1.29 is 14.3 Å². The zero-order chi connectivity index (χ0) is 19.1. The van der Waals surface area contributed by atoms with Crippen molar-refractivity contribution in [2.75, 3.05) is 25.5 Å². The highest BCUT2D eigenvalue weighted by Crippen LogP contribution is 2.17. The van der Waals surface area contributed by atoms with E-state index in [9.17, 15) is 9.59 Å². The number of rotatable bonds is 7. The summed E-state index contributed by atoms with van der Waals surface area (Å²) < 4.78 is 5.01. The van der Waals surface area contributed by atoms with Crippen LogP contribution in [-0.4, -0.2) is 53.3 Å². The van der Waals surface area contributed by atoms with E-state index in [-0.39, 0.29) is 11.9 Å². The van der Waals surface area contributed by atoms with Crippen molar-refractivity contribution >= 4 is 28.4 Å². The smallest absolute Gasteiger partial charge is 0.318 e. The van der Waals surface area contributed by atoms with Crippen LogP contribution in [0.15, 0.2) is 30.3 Å². The van der Waals surface area contributed by atoms with E-state index in [2.05, 4.69) is 20.8 Å². The van der Waals surface area contributed by atoms with Gasteiger partial charge in [0.25, 0.3) is 0 Å². The van der Waals surface area contributed by atoms with Gasteiger partial charge >= 0.3 is 6.03 Å². The largest absolute Gasteiger partial charge is 0.377 e. The van der Waals surface area contributed by atoms with Gasteiger partial charge in [-0.05, 0) is 18.4 Å². The van der Waals surface area contributed by atoms with Crippen LogP contribution in [0.4, 0.5) is 9.93 Å². The Hall–Kier alpha value is -2.52. The minimum absolute atomic E-state index is 0.207. The summed E-state index contributed by atoms with van der Waals surface area (Å²) in [4.78, 5) is 27.0. The molecule has 3 rings (SSSR count). The normalized spacial score (nSPS) is 14.8. The molecule has 0 saturated carbocycles. The third-order valence-corrected chi connectivity index (χ3v) is 5.07. The van der Waals surface area contributed by atoms with E-state index in [4.69, 9.17) is 4.74 Å². The van der Waals surface area contributed by atoms with Gasteiger partial charge < -0.3 is 15.0 Å². The average Bonchev–Trinajstić information content (AvgIpc) is 3.34. The number of likely N-dealkylation sites (tertiary alicyclic amines) is 1. The lowest BCUT2D eigenvalue weighted by Gasteiger charge is -2.22. The fraction of sp³-hybridized carbons (Fsp3) is 0.444. The molecule has 9 heteroatoms. The predicted molar refractivity (Wildman–Crippen MR) is 103 cm³/mol. The molecule has 2 aromatic rings. The molecule has 0 aliphatic carbocycles. The van der Waals surface area contributed by atoms with E-state index in [0.29, 0.717) is 23.2 Å². The zero-order valence-corrected chi connectivity index (χ0v) is 16.0. The highest BCUT2D eigenvalue weighted by Gasteiger charge is 2.26. The zero-order valence-electron chi connectivity index (χ0n) is 15.2. The first kappa shape index (κ1) is 19.2. The molecule has 3 amide bonds. The van der Waals surface area contributed by atoms with Crippen LogP contribution in [0, 0.1) is 0 Å². The molecule has 2 heterocycles. The molecule has 27 heavy (non-hydrogen) atoms. The Morgan fingerprint density at radius 2 is 1.96 bits per heavy atom. The van der Waals surface area contributed by atoms with E-state index >= 15 is 0 Å². The number of methoxy groups -OCH3 is 1. The van der Waals surface area contributed by atoms with E-state index in [1.165, 1.54) is 11.3 Å². The Kier molecular flexibility index (Phi) is 6.72. The number of anilines is 1. The molecule has 144 valence electrons. The molecule has 1 atom stereocenters. The molecule has 1 saturated heterocycles. The number of benzene rings is 1. The molecular formula is C18H23N5O3S. The van der Waals surface area contributed by atoms with Crippen LogP contribution in [0.5, 0.6) is 0 Å². The molecule has 1 aromatic heterocycles. The molecule has 0 spiro atoms. The van der Waals surface area contributed by atoms with Gasteiger partial charge in [-0.1, -0.05) is 41.7 Å². The number of amides is 3. The standard InChI is InChI=1S/C18H23N5O3S/c1-26-12-15-21-22-17(27-15)20-16(24)14(11-13-7-3-2-4-8-13)19-18(25)23-9-5-6-10-23/h2-4,7-8,14H,5-6,9-12H2,1H3,(H,19,25)(H,20,22,24). The lowest BCUT2D eigenvalue weighted by molar-refractivity contribution is -0.118. The van der Waals surface area contributed by atoms with Crippen molar-refractivity contribution in [1.82, 2.24) is 20.4 Å². The highest BCUT2D eigenvalue weighted by molar-refractivity contribution is 7.15. The van der Waals surface area contributed by atoms with E-state index in [1.54, 1.807) is 12.0 Å². The van der Waals surface area contributed by atoms with Crippen molar-refractivity contribution in [3.05, 3.63) is 40.9 Å². The van der Waals surface area contributed by atoms with E-state index < -0.39 is 6.04 Å². The highest BCUT2D eigenvalue weighted by atomic mass is 32.1. The Balaban J connectivity index is 1.68. The average molecular weight is 389 g/mol. The fourth-order valence-electron chi connectivity index (χ4n) is 2.90. The van der Waals surface area contributed by atoms with Crippen molar-refractivity contribution in [2.45, 2.75) is 31.9 Å². The first-order valence-corrected chi connectivity index (χ1v) is 9.69. The van der Waals surface area contributed by atoms with Gasteiger partial charge in [-0.3, -0.25) is 10.1 Å². The number of carbonyl (C=O) groups excluding carboxylic acids is 2.